The van der Waals surface area contributed by atoms with Gasteiger partial charge >= 0.3 is 5.97 Å². The third-order valence-corrected chi connectivity index (χ3v) is 8.02. The van der Waals surface area contributed by atoms with Crippen LogP contribution in [0.5, 0.6) is 0 Å². The number of carbonyl (C=O) groups is 1. The molecule has 38 heavy (non-hydrogen) atoms. The van der Waals surface area contributed by atoms with Crippen molar-refractivity contribution in [1.29, 1.82) is 0 Å². The van der Waals surface area contributed by atoms with Gasteiger partial charge in [-0.3, -0.25) is 9.36 Å². The van der Waals surface area contributed by atoms with Crippen LogP contribution < -0.4 is 14.9 Å². The highest BCUT2D eigenvalue weighted by Crippen LogP contribution is 2.32. The predicted octanol–water partition coefficient (Wildman–Crippen LogP) is 5.82. The summed E-state index contributed by atoms with van der Waals surface area (Å²) < 4.78 is 13.6. The molecule has 0 N–H and O–H groups in total. The number of allylic oxidation sites excluding steroid dienone is 1. The van der Waals surface area contributed by atoms with Gasteiger partial charge in [0.05, 0.1) is 27.9 Å². The Morgan fingerprint density at radius 1 is 1.13 bits per heavy atom. The first kappa shape index (κ1) is 26.3. The quantitative estimate of drug-likeness (QED) is 0.218. The number of hydrogen-bond donors (Lipinski definition) is 0. The van der Waals surface area contributed by atoms with Crippen molar-refractivity contribution in [3.8, 4) is 11.3 Å². The summed E-state index contributed by atoms with van der Waals surface area (Å²) >= 11 is 8.89. The number of hydrogen-bond acceptors (Lipinski definition) is 7. The van der Waals surface area contributed by atoms with Crippen molar-refractivity contribution in [2.45, 2.75) is 37.8 Å². The van der Waals surface area contributed by atoms with Gasteiger partial charge < -0.3 is 9.15 Å². The number of esters is 1. The maximum atomic E-state index is 13.8. The van der Waals surface area contributed by atoms with Crippen LogP contribution in [0.25, 0.3) is 17.4 Å². The highest BCUT2D eigenvalue weighted by molar-refractivity contribution is 7.98. The van der Waals surface area contributed by atoms with Gasteiger partial charge in [0, 0.05) is 21.6 Å². The Morgan fingerprint density at radius 3 is 2.50 bits per heavy atom. The minimum absolute atomic E-state index is 0.250. The first-order valence-electron chi connectivity index (χ1n) is 12.0. The molecule has 194 valence electrons. The Bertz CT molecular complexity index is 1710. The van der Waals surface area contributed by atoms with E-state index in [4.69, 9.17) is 20.8 Å². The predicted molar refractivity (Wildman–Crippen MR) is 152 cm³/mol. The number of halogens is 1. The topological polar surface area (TPSA) is 73.8 Å². The lowest BCUT2D eigenvalue weighted by atomic mass is 9.96. The van der Waals surface area contributed by atoms with Crippen LogP contribution in [0.4, 0.5) is 0 Å². The number of carbonyl (C=O) groups excluding carboxylic acids is 1. The lowest BCUT2D eigenvalue weighted by Gasteiger charge is -2.25. The van der Waals surface area contributed by atoms with E-state index >= 15 is 0 Å². The first-order chi connectivity index (χ1) is 18.2. The Morgan fingerprint density at radius 2 is 1.84 bits per heavy atom. The molecule has 1 aliphatic rings. The summed E-state index contributed by atoms with van der Waals surface area (Å²) in [5.74, 6) is 0.728. The molecule has 2 aromatic heterocycles. The molecule has 0 radical (unpaired) electrons. The number of fused-ring (bicyclic) bond motifs is 1. The van der Waals surface area contributed by atoms with Crippen LogP contribution in [0.2, 0.25) is 5.02 Å². The number of thioether (sulfide) groups is 1. The third kappa shape index (κ3) is 5.16. The molecule has 0 amide bonds. The summed E-state index contributed by atoms with van der Waals surface area (Å²) in [5.41, 5.74) is 2.33. The molecule has 4 aromatic rings. The van der Waals surface area contributed by atoms with Crippen LogP contribution in [0.15, 0.2) is 91.0 Å². The number of nitrogens with zero attached hydrogens (tertiary/aromatic N) is 2. The fraction of sp³-hybridized carbons (Fsp3) is 0.207. The molecule has 0 spiro atoms. The number of thiazole rings is 1. The zero-order valence-electron chi connectivity index (χ0n) is 21.2. The summed E-state index contributed by atoms with van der Waals surface area (Å²) in [5, 5.41) is 0.645. The zero-order chi connectivity index (χ0) is 27.0. The van der Waals surface area contributed by atoms with Crippen molar-refractivity contribution in [2.24, 2.45) is 4.99 Å². The van der Waals surface area contributed by atoms with E-state index < -0.39 is 12.0 Å². The Labute approximate surface area is 232 Å². The summed E-state index contributed by atoms with van der Waals surface area (Å²) in [6.45, 7) is 5.38. The molecule has 2 aromatic carbocycles. The second-order valence-electron chi connectivity index (χ2n) is 9.02. The second-order valence-corrected chi connectivity index (χ2v) is 11.3. The molecule has 0 fully saturated rings. The number of rotatable bonds is 6. The molecule has 3 heterocycles. The van der Waals surface area contributed by atoms with E-state index in [1.807, 2.05) is 54.8 Å². The molecular weight excluding hydrogens is 540 g/mol. The van der Waals surface area contributed by atoms with E-state index in [0.29, 0.717) is 37.1 Å². The van der Waals surface area contributed by atoms with E-state index in [-0.39, 0.29) is 11.7 Å². The molecule has 5 rings (SSSR count). The highest BCUT2D eigenvalue weighted by Gasteiger charge is 2.33. The minimum Gasteiger partial charge on any atom is -0.459 e. The van der Waals surface area contributed by atoms with E-state index in [1.54, 1.807) is 55.3 Å². The summed E-state index contributed by atoms with van der Waals surface area (Å²) in [6.07, 6.45) is 3.41. The fourth-order valence-electron chi connectivity index (χ4n) is 4.29. The van der Waals surface area contributed by atoms with Crippen molar-refractivity contribution >= 4 is 46.7 Å². The number of furan rings is 1. The van der Waals surface area contributed by atoms with Crippen LogP contribution in [-0.2, 0) is 9.53 Å². The van der Waals surface area contributed by atoms with Gasteiger partial charge in [-0.25, -0.2) is 9.79 Å². The Balaban J connectivity index is 1.62. The molecule has 6 nitrogen and oxygen atoms in total. The minimum atomic E-state index is -0.656. The van der Waals surface area contributed by atoms with Gasteiger partial charge in [0.15, 0.2) is 4.80 Å². The van der Waals surface area contributed by atoms with Gasteiger partial charge in [0.25, 0.3) is 5.56 Å². The zero-order valence-corrected chi connectivity index (χ0v) is 23.6. The SMILES string of the molecule is CSc1ccc([C@H]2C(C(=O)OC(C)C)=C(C)N=c3s/c(=C/c4ccc(-c5ccc(Cl)cc5)o4)c(=O)n32)cc1. The highest BCUT2D eigenvalue weighted by atomic mass is 35.5. The average Bonchev–Trinajstić information content (AvgIpc) is 3.47. The van der Waals surface area contributed by atoms with Crippen LogP contribution in [-0.4, -0.2) is 22.9 Å². The van der Waals surface area contributed by atoms with Gasteiger partial charge in [0.1, 0.15) is 11.5 Å². The van der Waals surface area contributed by atoms with Crippen molar-refractivity contribution in [2.75, 3.05) is 6.26 Å². The number of ether oxygens (including phenoxy) is 1. The van der Waals surface area contributed by atoms with Crippen LogP contribution in [0.3, 0.4) is 0 Å². The first-order valence-corrected chi connectivity index (χ1v) is 14.4. The summed E-state index contributed by atoms with van der Waals surface area (Å²) in [4.78, 5) is 33.2. The van der Waals surface area contributed by atoms with Gasteiger partial charge in [-0.05, 0) is 81.1 Å². The van der Waals surface area contributed by atoms with Crippen molar-refractivity contribution in [1.82, 2.24) is 4.57 Å². The number of aromatic nitrogens is 1. The van der Waals surface area contributed by atoms with Crippen molar-refractivity contribution in [3.63, 3.8) is 0 Å². The van der Waals surface area contributed by atoms with Crippen molar-refractivity contribution in [3.05, 3.63) is 108 Å². The molecule has 1 atom stereocenters. The lowest BCUT2D eigenvalue weighted by Crippen LogP contribution is -2.40. The van der Waals surface area contributed by atoms with Gasteiger partial charge in [-0.1, -0.05) is 35.1 Å². The second kappa shape index (κ2) is 10.8. The van der Waals surface area contributed by atoms with Gasteiger partial charge in [-0.15, -0.1) is 11.8 Å². The van der Waals surface area contributed by atoms with E-state index in [1.165, 1.54) is 11.3 Å². The molecule has 0 unspecified atom stereocenters. The van der Waals surface area contributed by atoms with Gasteiger partial charge in [0.2, 0.25) is 0 Å². The molecule has 1 aliphatic heterocycles. The molecule has 0 aliphatic carbocycles. The monoisotopic (exact) mass is 564 g/mol. The average molecular weight is 565 g/mol. The van der Waals surface area contributed by atoms with E-state index in [2.05, 4.69) is 4.99 Å². The largest absolute Gasteiger partial charge is 0.459 e. The Kier molecular flexibility index (Phi) is 7.47. The third-order valence-electron chi connectivity index (χ3n) is 6.04. The maximum Gasteiger partial charge on any atom is 0.338 e. The molecular formula is C29H25ClN2O4S2. The summed E-state index contributed by atoms with van der Waals surface area (Å²) in [6, 6.07) is 18.2. The lowest BCUT2D eigenvalue weighted by molar-refractivity contribution is -0.143. The van der Waals surface area contributed by atoms with Crippen LogP contribution in [0.1, 0.15) is 38.1 Å². The molecule has 0 saturated carbocycles. The standard InChI is InChI=1S/C29H25ClN2O4S2/c1-16(2)35-28(34)25-17(3)31-29-32(26(25)19-7-12-22(37-4)13-8-19)27(33)24(38-29)15-21-11-14-23(36-21)18-5-9-20(30)10-6-18/h5-16,26H,1-4H3/b24-15+/t26-/m0/s1. The Hall–Kier alpha value is -3.33. The van der Waals surface area contributed by atoms with Gasteiger partial charge in [-0.2, -0.15) is 0 Å². The maximum absolute atomic E-state index is 13.8. The number of benzene rings is 2. The van der Waals surface area contributed by atoms with Crippen LogP contribution in [0, 0.1) is 0 Å². The molecule has 0 saturated heterocycles. The summed E-state index contributed by atoms with van der Waals surface area (Å²) in [7, 11) is 0. The van der Waals surface area contributed by atoms with E-state index in [9.17, 15) is 9.59 Å². The smallest absolute Gasteiger partial charge is 0.338 e. The normalized spacial score (nSPS) is 15.5. The van der Waals surface area contributed by atoms with Crippen LogP contribution >= 0.6 is 34.7 Å². The van der Waals surface area contributed by atoms with Crippen molar-refractivity contribution < 1.29 is 13.9 Å². The fourth-order valence-corrected chi connectivity index (χ4v) is 5.85. The van der Waals surface area contributed by atoms with E-state index in [0.717, 1.165) is 16.0 Å². The molecule has 0 bridgehead atoms. The molecule has 9 heteroatoms.